The van der Waals surface area contributed by atoms with Gasteiger partial charge in [0.1, 0.15) is 5.75 Å². The number of Topliss-reactive ketones (excluding diaryl/α,β-unsaturated/α-hetero) is 1. The largest absolute Gasteiger partial charge is 0.508 e. The molecule has 0 heterocycles. The SMILES string of the molecule is CCCCC12Cc3cc(O)ccc3C1=C(Br)C(=O)C(CCC)C2. The summed E-state index contributed by atoms with van der Waals surface area (Å²) in [6.45, 7) is 4.38. The zero-order chi connectivity index (χ0) is 16.6. The summed E-state index contributed by atoms with van der Waals surface area (Å²) in [5.74, 6) is 0.731. The van der Waals surface area contributed by atoms with Crippen molar-refractivity contribution in [1.29, 1.82) is 0 Å². The summed E-state index contributed by atoms with van der Waals surface area (Å²) in [7, 11) is 0. The lowest BCUT2D eigenvalue weighted by Gasteiger charge is -2.39. The summed E-state index contributed by atoms with van der Waals surface area (Å²) in [6.07, 6.45) is 7.39. The normalized spacial score (nSPS) is 26.4. The molecule has 3 rings (SSSR count). The molecule has 23 heavy (non-hydrogen) atoms. The van der Waals surface area contributed by atoms with Crippen molar-refractivity contribution in [3.63, 3.8) is 0 Å². The third kappa shape index (κ3) is 2.77. The van der Waals surface area contributed by atoms with Crippen LogP contribution in [0.25, 0.3) is 5.57 Å². The topological polar surface area (TPSA) is 37.3 Å². The number of hydrogen-bond acceptors (Lipinski definition) is 2. The average molecular weight is 377 g/mol. The highest BCUT2D eigenvalue weighted by Gasteiger charge is 2.49. The molecular formula is C20H25BrO2. The van der Waals surface area contributed by atoms with Crippen LogP contribution in [-0.4, -0.2) is 10.9 Å². The lowest BCUT2D eigenvalue weighted by molar-refractivity contribution is -0.120. The molecule has 0 aliphatic heterocycles. The fourth-order valence-electron chi connectivity index (χ4n) is 4.51. The van der Waals surface area contributed by atoms with Gasteiger partial charge in [-0.1, -0.05) is 39.2 Å². The Hall–Kier alpha value is -1.09. The molecule has 1 aromatic rings. The Bertz CT molecular complexity index is 662. The predicted octanol–water partition coefficient (Wildman–Crippen LogP) is 5.62. The molecule has 124 valence electrons. The van der Waals surface area contributed by atoms with Gasteiger partial charge in [-0.15, -0.1) is 0 Å². The molecule has 0 saturated carbocycles. The molecule has 0 bridgehead atoms. The van der Waals surface area contributed by atoms with Gasteiger partial charge < -0.3 is 5.11 Å². The summed E-state index contributed by atoms with van der Waals surface area (Å²) >= 11 is 3.65. The van der Waals surface area contributed by atoms with Gasteiger partial charge in [-0.25, -0.2) is 0 Å². The van der Waals surface area contributed by atoms with E-state index in [0.717, 1.165) is 42.1 Å². The Labute approximate surface area is 147 Å². The summed E-state index contributed by atoms with van der Waals surface area (Å²) < 4.78 is 0.794. The third-order valence-electron chi connectivity index (χ3n) is 5.51. The van der Waals surface area contributed by atoms with Crippen LogP contribution in [0.1, 0.15) is 63.5 Å². The van der Waals surface area contributed by atoms with E-state index in [0.29, 0.717) is 5.75 Å². The van der Waals surface area contributed by atoms with Crippen LogP contribution < -0.4 is 0 Å². The van der Waals surface area contributed by atoms with Gasteiger partial charge >= 0.3 is 0 Å². The van der Waals surface area contributed by atoms with Gasteiger partial charge in [0, 0.05) is 11.3 Å². The molecule has 0 amide bonds. The van der Waals surface area contributed by atoms with Crippen molar-refractivity contribution in [1.82, 2.24) is 0 Å². The van der Waals surface area contributed by atoms with Crippen molar-refractivity contribution >= 4 is 27.3 Å². The van der Waals surface area contributed by atoms with Gasteiger partial charge in [0.15, 0.2) is 5.78 Å². The molecule has 0 spiro atoms. The van der Waals surface area contributed by atoms with E-state index < -0.39 is 0 Å². The van der Waals surface area contributed by atoms with E-state index in [1.807, 2.05) is 12.1 Å². The molecule has 0 saturated heterocycles. The van der Waals surface area contributed by atoms with Crippen LogP contribution in [0.3, 0.4) is 0 Å². The maximum Gasteiger partial charge on any atom is 0.173 e. The van der Waals surface area contributed by atoms with E-state index in [2.05, 4.69) is 29.8 Å². The van der Waals surface area contributed by atoms with Gasteiger partial charge in [0.25, 0.3) is 0 Å². The van der Waals surface area contributed by atoms with Crippen LogP contribution >= 0.6 is 15.9 Å². The quantitative estimate of drug-likeness (QED) is 0.723. The maximum atomic E-state index is 12.8. The number of fused-ring (bicyclic) bond motifs is 3. The Kier molecular flexibility index (Phi) is 4.68. The molecule has 1 N–H and O–H groups in total. The first-order valence-corrected chi connectivity index (χ1v) is 9.58. The number of hydrogen-bond donors (Lipinski definition) is 1. The standard InChI is InChI=1S/C20H25BrO2/c1-3-5-9-20-11-13(6-4-2)19(23)18(21)17(20)16-8-7-15(22)10-14(16)12-20/h7-8,10,13,22H,3-6,9,11-12H2,1-2H3. The highest BCUT2D eigenvalue weighted by atomic mass is 79.9. The molecule has 0 fully saturated rings. The van der Waals surface area contributed by atoms with Crippen LogP contribution in [0.4, 0.5) is 0 Å². The number of benzene rings is 1. The van der Waals surface area contributed by atoms with Crippen molar-refractivity contribution in [2.75, 3.05) is 0 Å². The Morgan fingerprint density at radius 3 is 2.78 bits per heavy atom. The van der Waals surface area contributed by atoms with E-state index in [1.54, 1.807) is 6.07 Å². The summed E-state index contributed by atoms with van der Waals surface area (Å²) in [6, 6.07) is 5.61. The van der Waals surface area contributed by atoms with E-state index in [9.17, 15) is 9.90 Å². The average Bonchev–Trinajstić information content (AvgIpc) is 2.84. The van der Waals surface area contributed by atoms with Crippen LogP contribution in [0, 0.1) is 11.3 Å². The number of allylic oxidation sites excluding steroid dienone is 2. The fourth-order valence-corrected chi connectivity index (χ4v) is 5.47. The number of phenols is 1. The molecule has 2 nitrogen and oxygen atoms in total. The molecule has 2 atom stereocenters. The smallest absolute Gasteiger partial charge is 0.173 e. The van der Waals surface area contributed by atoms with E-state index in [4.69, 9.17) is 0 Å². The molecule has 3 heteroatoms. The highest BCUT2D eigenvalue weighted by Crippen LogP contribution is 2.59. The number of ketones is 1. The fraction of sp³-hybridized carbons (Fsp3) is 0.550. The minimum atomic E-state index is 0.0682. The van der Waals surface area contributed by atoms with E-state index in [-0.39, 0.29) is 17.1 Å². The van der Waals surface area contributed by atoms with E-state index in [1.165, 1.54) is 24.0 Å². The van der Waals surface area contributed by atoms with Gasteiger partial charge in [0.05, 0.1) is 4.48 Å². The monoisotopic (exact) mass is 376 g/mol. The lowest BCUT2D eigenvalue weighted by Crippen LogP contribution is -2.34. The second-order valence-electron chi connectivity index (χ2n) is 7.15. The molecular weight excluding hydrogens is 352 g/mol. The molecule has 0 aromatic heterocycles. The van der Waals surface area contributed by atoms with Gasteiger partial charge in [0.2, 0.25) is 0 Å². The minimum absolute atomic E-state index is 0.0682. The Morgan fingerprint density at radius 1 is 1.30 bits per heavy atom. The van der Waals surface area contributed by atoms with Crippen molar-refractivity contribution in [3.05, 3.63) is 33.8 Å². The first-order chi connectivity index (χ1) is 11.0. The highest BCUT2D eigenvalue weighted by molar-refractivity contribution is 9.12. The number of halogens is 1. The number of unbranched alkanes of at least 4 members (excludes halogenated alkanes) is 1. The van der Waals surface area contributed by atoms with Crippen molar-refractivity contribution in [2.45, 2.75) is 58.8 Å². The lowest BCUT2D eigenvalue weighted by atomic mass is 9.65. The van der Waals surface area contributed by atoms with Crippen LogP contribution in [0.15, 0.2) is 22.7 Å². The first-order valence-electron chi connectivity index (χ1n) is 8.79. The molecule has 1 aromatic carbocycles. The predicted molar refractivity (Wildman–Crippen MR) is 97.6 cm³/mol. The molecule has 2 aliphatic rings. The number of aromatic hydroxyl groups is 1. The molecule has 2 aliphatic carbocycles. The van der Waals surface area contributed by atoms with Crippen molar-refractivity contribution in [3.8, 4) is 5.75 Å². The molecule has 0 radical (unpaired) electrons. The number of carbonyl (C=O) groups excluding carboxylic acids is 1. The molecule has 2 unspecified atom stereocenters. The Morgan fingerprint density at radius 2 is 2.09 bits per heavy atom. The zero-order valence-electron chi connectivity index (χ0n) is 14.0. The number of carbonyl (C=O) groups is 1. The van der Waals surface area contributed by atoms with E-state index >= 15 is 0 Å². The summed E-state index contributed by atoms with van der Waals surface area (Å²) in [5.41, 5.74) is 3.63. The van der Waals surface area contributed by atoms with Crippen molar-refractivity contribution in [2.24, 2.45) is 11.3 Å². The van der Waals surface area contributed by atoms with Crippen LogP contribution in [-0.2, 0) is 11.2 Å². The minimum Gasteiger partial charge on any atom is -0.508 e. The zero-order valence-corrected chi connectivity index (χ0v) is 15.6. The van der Waals surface area contributed by atoms with Gasteiger partial charge in [-0.2, -0.15) is 0 Å². The summed E-state index contributed by atoms with van der Waals surface area (Å²) in [4.78, 5) is 12.8. The van der Waals surface area contributed by atoms with Crippen molar-refractivity contribution < 1.29 is 9.90 Å². The third-order valence-corrected chi connectivity index (χ3v) is 6.29. The number of phenolic OH excluding ortho intramolecular Hbond substituents is 1. The second kappa shape index (κ2) is 6.43. The second-order valence-corrected chi connectivity index (χ2v) is 7.94. The Balaban J connectivity index is 2.11. The van der Waals surface area contributed by atoms with Gasteiger partial charge in [-0.05, 0) is 70.4 Å². The maximum absolute atomic E-state index is 12.8. The first kappa shape index (κ1) is 16.8. The van der Waals surface area contributed by atoms with Gasteiger partial charge in [-0.3, -0.25) is 4.79 Å². The number of rotatable bonds is 5. The summed E-state index contributed by atoms with van der Waals surface area (Å²) in [5, 5.41) is 9.85. The van der Waals surface area contributed by atoms with Crippen LogP contribution in [0.5, 0.6) is 5.75 Å². The van der Waals surface area contributed by atoms with Crippen LogP contribution in [0.2, 0.25) is 0 Å².